The lowest BCUT2D eigenvalue weighted by molar-refractivity contribution is 0.690. The number of hydrogen-bond donors (Lipinski definition) is 1. The Kier molecular flexibility index (Phi) is 4.69. The summed E-state index contributed by atoms with van der Waals surface area (Å²) in [4.78, 5) is 3.41. The minimum Gasteiger partial charge on any atom is -0.355 e. The lowest BCUT2D eigenvalue weighted by Crippen LogP contribution is -2.02. The van der Waals surface area contributed by atoms with Gasteiger partial charge in [0.1, 0.15) is 0 Å². The zero-order valence-corrected chi connectivity index (χ0v) is 18.5. The van der Waals surface area contributed by atoms with Crippen LogP contribution >= 0.6 is 0 Å². The number of benzene rings is 5. The van der Waals surface area contributed by atoms with E-state index in [1.165, 1.54) is 74.6 Å². The van der Waals surface area contributed by atoms with E-state index in [-0.39, 0.29) is 0 Å². The summed E-state index contributed by atoms with van der Waals surface area (Å²) in [6.45, 7) is 2.13. The molecule has 7 rings (SSSR count). The van der Waals surface area contributed by atoms with E-state index < -0.39 is 0 Å². The van der Waals surface area contributed by atoms with Crippen LogP contribution in [0, 0.1) is 6.92 Å². The molecule has 32 heavy (non-hydrogen) atoms. The molecule has 1 aromatic heterocycles. The maximum atomic E-state index is 3.41. The summed E-state index contributed by atoms with van der Waals surface area (Å²) >= 11 is 0. The number of nitrogens with one attached hydrogen (secondary N) is 1. The van der Waals surface area contributed by atoms with Gasteiger partial charge in [-0.25, -0.2) is 0 Å². The third-order valence-electron chi connectivity index (χ3n) is 6.92. The fourth-order valence-corrected chi connectivity index (χ4v) is 5.30. The first-order chi connectivity index (χ1) is 15.8. The minimum atomic E-state index is 1.22. The van der Waals surface area contributed by atoms with Crippen molar-refractivity contribution in [2.45, 2.75) is 32.6 Å². The first-order valence-corrected chi connectivity index (χ1v) is 11.7. The Hall–Kier alpha value is -3.58. The maximum Gasteiger partial charge on any atom is 0.0465 e. The number of H-pyrrole nitrogens is 1. The number of hydrogen-bond acceptors (Lipinski definition) is 0. The van der Waals surface area contributed by atoms with Gasteiger partial charge in [-0.15, -0.1) is 0 Å². The Labute approximate surface area is 188 Å². The van der Waals surface area contributed by atoms with Gasteiger partial charge in [0, 0.05) is 21.8 Å². The SMILES string of the molecule is Cc1ccc2[nH]c3ccccc3c2c1.c1ccc2c(c1)ccc1c3c(ccc12)CCCC3. The Morgan fingerprint density at radius 1 is 0.562 bits per heavy atom. The topological polar surface area (TPSA) is 15.8 Å². The predicted octanol–water partition coefficient (Wildman–Crippen LogP) is 8.50. The molecule has 0 aliphatic heterocycles. The average Bonchev–Trinajstić information content (AvgIpc) is 3.22. The van der Waals surface area contributed by atoms with Crippen molar-refractivity contribution in [2.24, 2.45) is 0 Å². The molecule has 0 fully saturated rings. The summed E-state index contributed by atoms with van der Waals surface area (Å²) in [5.74, 6) is 0. The molecule has 0 unspecified atom stereocenters. The summed E-state index contributed by atoms with van der Waals surface area (Å²) < 4.78 is 0. The number of fused-ring (bicyclic) bond motifs is 8. The van der Waals surface area contributed by atoms with Crippen LogP contribution in [-0.2, 0) is 12.8 Å². The third kappa shape index (κ3) is 3.26. The van der Waals surface area contributed by atoms with Gasteiger partial charge in [0.15, 0.2) is 0 Å². The molecular formula is C31H27N. The zero-order chi connectivity index (χ0) is 21.5. The van der Waals surface area contributed by atoms with Crippen molar-refractivity contribution >= 4 is 43.4 Å². The molecule has 1 aliphatic carbocycles. The molecule has 1 nitrogen and oxygen atoms in total. The van der Waals surface area contributed by atoms with Crippen LogP contribution in [0.4, 0.5) is 0 Å². The van der Waals surface area contributed by atoms with Gasteiger partial charge < -0.3 is 4.98 Å². The van der Waals surface area contributed by atoms with Crippen molar-refractivity contribution < 1.29 is 0 Å². The number of aryl methyl sites for hydroxylation is 3. The molecule has 0 bridgehead atoms. The largest absolute Gasteiger partial charge is 0.355 e. The van der Waals surface area contributed by atoms with Crippen LogP contribution in [0.25, 0.3) is 43.4 Å². The van der Waals surface area contributed by atoms with Crippen LogP contribution in [-0.4, -0.2) is 4.98 Å². The molecule has 1 heterocycles. The van der Waals surface area contributed by atoms with Crippen LogP contribution in [0.5, 0.6) is 0 Å². The smallest absolute Gasteiger partial charge is 0.0465 e. The zero-order valence-electron chi connectivity index (χ0n) is 18.5. The number of aromatic amines is 1. The van der Waals surface area contributed by atoms with E-state index in [4.69, 9.17) is 0 Å². The summed E-state index contributed by atoms with van der Waals surface area (Å²) in [5.41, 5.74) is 6.92. The molecule has 1 heteroatoms. The highest BCUT2D eigenvalue weighted by molar-refractivity contribution is 6.09. The van der Waals surface area contributed by atoms with Gasteiger partial charge in [0.2, 0.25) is 0 Å². The van der Waals surface area contributed by atoms with Gasteiger partial charge >= 0.3 is 0 Å². The first-order valence-electron chi connectivity index (χ1n) is 11.7. The summed E-state index contributed by atoms with van der Waals surface area (Å²) in [6.07, 6.45) is 5.22. The molecule has 156 valence electrons. The second-order valence-electron chi connectivity index (χ2n) is 9.01. The van der Waals surface area contributed by atoms with Crippen molar-refractivity contribution in [3.63, 3.8) is 0 Å². The van der Waals surface area contributed by atoms with Crippen LogP contribution in [0.1, 0.15) is 29.5 Å². The van der Waals surface area contributed by atoms with Crippen molar-refractivity contribution in [1.29, 1.82) is 0 Å². The quantitative estimate of drug-likeness (QED) is 0.240. The summed E-state index contributed by atoms with van der Waals surface area (Å²) in [5, 5.41) is 8.27. The Morgan fingerprint density at radius 3 is 2.25 bits per heavy atom. The third-order valence-corrected chi connectivity index (χ3v) is 6.92. The molecule has 0 saturated heterocycles. The average molecular weight is 414 g/mol. The first kappa shape index (κ1) is 19.1. The van der Waals surface area contributed by atoms with Crippen LogP contribution in [0.3, 0.4) is 0 Å². The van der Waals surface area contributed by atoms with E-state index in [2.05, 4.69) is 103 Å². The molecule has 0 atom stereocenters. The lowest BCUT2D eigenvalue weighted by atomic mass is 9.86. The monoisotopic (exact) mass is 413 g/mol. The van der Waals surface area contributed by atoms with E-state index in [9.17, 15) is 0 Å². The Morgan fingerprint density at radius 2 is 1.31 bits per heavy atom. The molecule has 1 N–H and O–H groups in total. The van der Waals surface area contributed by atoms with Gasteiger partial charge in [-0.3, -0.25) is 0 Å². The molecule has 1 aliphatic rings. The van der Waals surface area contributed by atoms with E-state index in [1.807, 2.05) is 0 Å². The molecule has 0 saturated carbocycles. The van der Waals surface area contributed by atoms with Gasteiger partial charge in [0.25, 0.3) is 0 Å². The van der Waals surface area contributed by atoms with Crippen molar-refractivity contribution in [1.82, 2.24) is 4.98 Å². The van der Waals surface area contributed by atoms with Crippen molar-refractivity contribution in [3.8, 4) is 0 Å². The number of rotatable bonds is 0. The predicted molar refractivity (Wildman–Crippen MR) is 139 cm³/mol. The highest BCUT2D eigenvalue weighted by Gasteiger charge is 2.13. The second-order valence-corrected chi connectivity index (χ2v) is 9.01. The second kappa shape index (κ2) is 7.84. The number of aromatic nitrogens is 1. The Bertz CT molecular complexity index is 1590. The van der Waals surface area contributed by atoms with Crippen LogP contribution < -0.4 is 0 Å². The fourth-order valence-electron chi connectivity index (χ4n) is 5.30. The molecular weight excluding hydrogens is 386 g/mol. The lowest BCUT2D eigenvalue weighted by Gasteiger charge is -2.18. The van der Waals surface area contributed by atoms with E-state index in [0.717, 1.165) is 0 Å². The van der Waals surface area contributed by atoms with Gasteiger partial charge in [-0.1, -0.05) is 78.4 Å². The normalized spacial score (nSPS) is 13.3. The highest BCUT2D eigenvalue weighted by atomic mass is 14.7. The van der Waals surface area contributed by atoms with Crippen molar-refractivity contribution in [2.75, 3.05) is 0 Å². The molecule has 5 aromatic carbocycles. The maximum absolute atomic E-state index is 3.41. The summed E-state index contributed by atoms with van der Waals surface area (Å²) in [7, 11) is 0. The summed E-state index contributed by atoms with van der Waals surface area (Å²) in [6, 6.07) is 32.9. The van der Waals surface area contributed by atoms with Crippen molar-refractivity contribution in [3.05, 3.63) is 108 Å². The van der Waals surface area contributed by atoms with E-state index in [0.29, 0.717) is 0 Å². The van der Waals surface area contributed by atoms with E-state index >= 15 is 0 Å². The van der Waals surface area contributed by atoms with Crippen LogP contribution in [0.15, 0.2) is 91.0 Å². The van der Waals surface area contributed by atoms with Gasteiger partial charge in [-0.2, -0.15) is 0 Å². The number of para-hydroxylation sites is 1. The van der Waals surface area contributed by atoms with Gasteiger partial charge in [-0.05, 0) is 83.5 Å². The minimum absolute atomic E-state index is 1.22. The molecule has 0 spiro atoms. The molecule has 6 aromatic rings. The highest BCUT2D eigenvalue weighted by Crippen LogP contribution is 2.33. The fraction of sp³-hybridized carbons (Fsp3) is 0.161. The molecule has 0 radical (unpaired) electrons. The van der Waals surface area contributed by atoms with E-state index in [1.54, 1.807) is 11.1 Å². The van der Waals surface area contributed by atoms with Gasteiger partial charge in [0.05, 0.1) is 0 Å². The standard InChI is InChI=1S/C18H16.C13H11N/c1-3-7-15-13(5-1)9-11-18-16-8-4-2-6-14(16)10-12-17(15)18;1-9-6-7-13-11(8-9)10-4-2-3-5-12(10)14-13/h1,3,5,7,9-12H,2,4,6,8H2;2-8,14H,1H3. The molecule has 0 amide bonds. The van der Waals surface area contributed by atoms with Crippen LogP contribution in [0.2, 0.25) is 0 Å². The Balaban J connectivity index is 0.000000126.